The van der Waals surface area contributed by atoms with Gasteiger partial charge < -0.3 is 10.2 Å². The van der Waals surface area contributed by atoms with Gasteiger partial charge in [0.2, 0.25) is 11.8 Å². The minimum absolute atomic E-state index is 0.0826. The minimum Gasteiger partial charge on any atom is -0.354 e. The molecule has 0 aliphatic carbocycles. The Morgan fingerprint density at radius 3 is 2.04 bits per heavy atom. The Bertz CT molecular complexity index is 1670. The van der Waals surface area contributed by atoms with Crippen LogP contribution in [0.15, 0.2) is 108 Å². The van der Waals surface area contributed by atoms with E-state index in [0.717, 1.165) is 45.0 Å². The third-order valence-corrected chi connectivity index (χ3v) is 9.75. The zero-order valence-corrected chi connectivity index (χ0v) is 27.4. The lowest BCUT2D eigenvalue weighted by Gasteiger charge is -2.34. The number of amides is 2. The van der Waals surface area contributed by atoms with Gasteiger partial charge >= 0.3 is 0 Å². The largest absolute Gasteiger partial charge is 0.354 e. The van der Waals surface area contributed by atoms with Crippen molar-refractivity contribution in [2.75, 3.05) is 17.4 Å². The van der Waals surface area contributed by atoms with Crippen LogP contribution < -0.4 is 9.62 Å². The number of rotatable bonds is 14. The Kier molecular flexibility index (Phi) is 11.5. The highest BCUT2D eigenvalue weighted by molar-refractivity contribution is 7.92. The molecule has 4 aromatic carbocycles. The molecule has 2 amide bonds. The van der Waals surface area contributed by atoms with Gasteiger partial charge in [0.1, 0.15) is 12.6 Å². The van der Waals surface area contributed by atoms with Gasteiger partial charge in [0.05, 0.1) is 10.6 Å². The molecule has 0 spiro atoms. The van der Waals surface area contributed by atoms with Crippen LogP contribution in [0.3, 0.4) is 0 Å². The fourth-order valence-electron chi connectivity index (χ4n) is 5.08. The molecule has 0 aliphatic rings. The topological polar surface area (TPSA) is 86.8 Å². The minimum atomic E-state index is -4.13. The maximum atomic E-state index is 14.5. The number of nitrogens with zero attached hydrogens (tertiary/aromatic N) is 2. The van der Waals surface area contributed by atoms with Gasteiger partial charge in [-0.25, -0.2) is 8.42 Å². The first-order chi connectivity index (χ1) is 21.6. The van der Waals surface area contributed by atoms with Crippen LogP contribution in [0.5, 0.6) is 0 Å². The third kappa shape index (κ3) is 8.82. The molecule has 0 bridgehead atoms. The van der Waals surface area contributed by atoms with E-state index in [1.165, 1.54) is 17.0 Å². The first kappa shape index (κ1) is 33.5. The summed E-state index contributed by atoms with van der Waals surface area (Å²) in [6.45, 7) is 8.06. The number of nitrogens with one attached hydrogen (secondary N) is 1. The normalized spacial score (nSPS) is 11.9. The predicted molar refractivity (Wildman–Crippen MR) is 180 cm³/mol. The van der Waals surface area contributed by atoms with E-state index in [-0.39, 0.29) is 23.8 Å². The van der Waals surface area contributed by atoms with Crippen LogP contribution in [-0.2, 0) is 32.6 Å². The number of carbonyl (C=O) groups is 2. The quantitative estimate of drug-likeness (QED) is 0.165. The Morgan fingerprint density at radius 1 is 0.778 bits per heavy atom. The molecule has 0 saturated heterocycles. The van der Waals surface area contributed by atoms with Crippen LogP contribution in [0.1, 0.15) is 47.6 Å². The summed E-state index contributed by atoms with van der Waals surface area (Å²) in [5.41, 5.74) is 5.12. The van der Waals surface area contributed by atoms with Gasteiger partial charge in [-0.3, -0.25) is 13.9 Å². The van der Waals surface area contributed by atoms with Crippen LogP contribution in [0.4, 0.5) is 5.69 Å². The summed E-state index contributed by atoms with van der Waals surface area (Å²) in [7, 11) is -4.13. The van der Waals surface area contributed by atoms with Crippen molar-refractivity contribution >= 4 is 27.5 Å². The predicted octanol–water partition coefficient (Wildman–Crippen LogP) is 6.36. The number of aryl methyl sites for hydroxylation is 3. The van der Waals surface area contributed by atoms with Crippen LogP contribution >= 0.6 is 0 Å². The average molecular weight is 626 g/mol. The summed E-state index contributed by atoms with van der Waals surface area (Å²) < 4.78 is 29.4. The van der Waals surface area contributed by atoms with E-state index >= 15 is 0 Å². The van der Waals surface area contributed by atoms with Gasteiger partial charge in [0.15, 0.2) is 0 Å². The molecule has 4 aromatic rings. The van der Waals surface area contributed by atoms with E-state index in [4.69, 9.17) is 0 Å². The fraction of sp³-hybridized carbons (Fsp3) is 0.297. The molecule has 1 N–H and O–H groups in total. The molecule has 0 aromatic heterocycles. The Hall–Kier alpha value is -4.43. The van der Waals surface area contributed by atoms with Gasteiger partial charge in [-0.2, -0.15) is 0 Å². The number of sulfonamides is 1. The summed E-state index contributed by atoms with van der Waals surface area (Å²) in [4.78, 5) is 30.0. The number of unbranched alkanes of at least 4 members (excludes halogenated alkanes) is 1. The molecule has 8 heteroatoms. The first-order valence-corrected chi connectivity index (χ1v) is 16.9. The molecule has 0 radical (unpaired) electrons. The van der Waals surface area contributed by atoms with Crippen molar-refractivity contribution in [3.63, 3.8) is 0 Å². The zero-order valence-electron chi connectivity index (χ0n) is 26.6. The Morgan fingerprint density at radius 2 is 1.42 bits per heavy atom. The summed E-state index contributed by atoms with van der Waals surface area (Å²) in [5.74, 6) is -0.740. The van der Waals surface area contributed by atoms with Crippen molar-refractivity contribution in [2.45, 2.75) is 64.4 Å². The lowest BCUT2D eigenvalue weighted by atomic mass is 10.0. The van der Waals surface area contributed by atoms with E-state index in [1.807, 2.05) is 81.4 Å². The maximum absolute atomic E-state index is 14.5. The smallest absolute Gasteiger partial charge is 0.264 e. The van der Waals surface area contributed by atoms with Gasteiger partial charge in [0.25, 0.3) is 10.0 Å². The van der Waals surface area contributed by atoms with Crippen molar-refractivity contribution in [2.24, 2.45) is 0 Å². The highest BCUT2D eigenvalue weighted by atomic mass is 32.2. The first-order valence-electron chi connectivity index (χ1n) is 15.4. The van der Waals surface area contributed by atoms with Crippen molar-refractivity contribution in [1.82, 2.24) is 10.2 Å². The van der Waals surface area contributed by atoms with Crippen molar-refractivity contribution < 1.29 is 18.0 Å². The molecule has 45 heavy (non-hydrogen) atoms. The van der Waals surface area contributed by atoms with Crippen LogP contribution in [0.2, 0.25) is 0 Å². The fourth-order valence-corrected chi connectivity index (χ4v) is 6.51. The van der Waals surface area contributed by atoms with Gasteiger partial charge in [-0.05, 0) is 73.7 Å². The molecule has 1 unspecified atom stereocenters. The van der Waals surface area contributed by atoms with Gasteiger partial charge in [0, 0.05) is 19.5 Å². The molecule has 0 heterocycles. The summed E-state index contributed by atoms with van der Waals surface area (Å²) in [6, 6.07) is 30.0. The SMILES string of the molecule is CCCCNC(=O)C(Cc1ccccc1)N(Cc1ccc(C)cc1)C(=O)CN(c1ccc(C)c(C)c1)S(=O)(=O)c1ccccc1. The highest BCUT2D eigenvalue weighted by Gasteiger charge is 2.34. The molecule has 0 aliphatic heterocycles. The second-order valence-electron chi connectivity index (χ2n) is 11.5. The van der Waals surface area contributed by atoms with Gasteiger partial charge in [-0.15, -0.1) is 0 Å². The number of hydrogen-bond donors (Lipinski definition) is 1. The van der Waals surface area contributed by atoms with E-state index in [9.17, 15) is 18.0 Å². The Balaban J connectivity index is 1.79. The van der Waals surface area contributed by atoms with Crippen LogP contribution in [0.25, 0.3) is 0 Å². The second kappa shape index (κ2) is 15.5. The average Bonchev–Trinajstić information content (AvgIpc) is 3.04. The molecule has 0 saturated carbocycles. The molecule has 236 valence electrons. The third-order valence-electron chi connectivity index (χ3n) is 7.96. The lowest BCUT2D eigenvalue weighted by molar-refractivity contribution is -0.140. The van der Waals surface area contributed by atoms with Crippen molar-refractivity contribution in [3.05, 3.63) is 131 Å². The summed E-state index contributed by atoms with van der Waals surface area (Å²) >= 11 is 0. The zero-order chi connectivity index (χ0) is 32.4. The number of hydrogen-bond acceptors (Lipinski definition) is 4. The monoisotopic (exact) mass is 625 g/mol. The van der Waals surface area contributed by atoms with Crippen LogP contribution in [-0.4, -0.2) is 44.3 Å². The van der Waals surface area contributed by atoms with E-state index < -0.39 is 28.5 Å². The van der Waals surface area contributed by atoms with E-state index in [2.05, 4.69) is 12.2 Å². The molecule has 1 atom stereocenters. The van der Waals surface area contributed by atoms with Crippen molar-refractivity contribution in [1.29, 1.82) is 0 Å². The molecular weight excluding hydrogens is 582 g/mol. The number of carbonyl (C=O) groups excluding carboxylic acids is 2. The Labute approximate surface area is 268 Å². The lowest BCUT2D eigenvalue weighted by Crippen LogP contribution is -2.53. The molecule has 7 nitrogen and oxygen atoms in total. The van der Waals surface area contributed by atoms with Gasteiger partial charge in [-0.1, -0.05) is 97.8 Å². The van der Waals surface area contributed by atoms with E-state index in [1.54, 1.807) is 30.3 Å². The molecule has 0 fully saturated rings. The number of benzene rings is 4. The molecular formula is C37H43N3O4S. The standard InChI is InChI=1S/C37H43N3O4S/c1-5-6-23-38-37(42)35(25-31-13-9-7-10-14-31)39(26-32-20-17-28(2)18-21-32)36(41)27-40(33-22-19-29(3)30(4)24-33)45(43,44)34-15-11-8-12-16-34/h7-22,24,35H,5-6,23,25-27H2,1-4H3,(H,38,42). The second-order valence-corrected chi connectivity index (χ2v) is 13.3. The highest BCUT2D eigenvalue weighted by Crippen LogP contribution is 2.27. The number of anilines is 1. The summed E-state index contributed by atoms with van der Waals surface area (Å²) in [5, 5.41) is 3.02. The van der Waals surface area contributed by atoms with Crippen LogP contribution in [0, 0.1) is 20.8 Å². The molecule has 4 rings (SSSR count). The maximum Gasteiger partial charge on any atom is 0.264 e. The summed E-state index contributed by atoms with van der Waals surface area (Å²) in [6.07, 6.45) is 2.01. The van der Waals surface area contributed by atoms with E-state index in [0.29, 0.717) is 12.2 Å². The van der Waals surface area contributed by atoms with Crippen molar-refractivity contribution in [3.8, 4) is 0 Å².